The summed E-state index contributed by atoms with van der Waals surface area (Å²) in [6.45, 7) is 4.27. The first-order valence-electron chi connectivity index (χ1n) is 11.9. The minimum Gasteiger partial charge on any atom is -0.487 e. The molecule has 0 saturated carbocycles. The number of nitrogens with zero attached hydrogens (tertiary/aromatic N) is 3. The molecule has 4 rings (SSSR count). The summed E-state index contributed by atoms with van der Waals surface area (Å²) in [5, 5.41) is 3.68. The predicted molar refractivity (Wildman–Crippen MR) is 139 cm³/mol. The highest BCUT2D eigenvalue weighted by molar-refractivity contribution is 6.32. The summed E-state index contributed by atoms with van der Waals surface area (Å²) in [6, 6.07) is 14.4. The van der Waals surface area contributed by atoms with Crippen LogP contribution in [0.5, 0.6) is 17.4 Å². The number of aryl methyl sites for hydroxylation is 2. The fourth-order valence-electron chi connectivity index (χ4n) is 3.72. The molecule has 0 fully saturated rings. The van der Waals surface area contributed by atoms with Crippen LogP contribution in [0.3, 0.4) is 0 Å². The molecule has 198 valence electrons. The highest BCUT2D eigenvalue weighted by atomic mass is 35.5. The molecular weight excluding hydrogens is 518 g/mol. The van der Waals surface area contributed by atoms with Crippen LogP contribution < -0.4 is 20.7 Å². The topological polar surface area (TPSA) is 99.1 Å². The van der Waals surface area contributed by atoms with E-state index in [1.165, 1.54) is 6.07 Å². The van der Waals surface area contributed by atoms with Crippen LogP contribution in [0.2, 0.25) is 5.02 Å². The Morgan fingerprint density at radius 1 is 1.13 bits per heavy atom. The summed E-state index contributed by atoms with van der Waals surface area (Å²) in [5.74, 6) is 1.20. The van der Waals surface area contributed by atoms with Gasteiger partial charge in [0.25, 0.3) is 12.0 Å². The molecule has 0 aliphatic heterocycles. The van der Waals surface area contributed by atoms with Crippen molar-refractivity contribution in [1.82, 2.24) is 19.7 Å². The lowest BCUT2D eigenvalue weighted by molar-refractivity contribution is 0.141. The molecule has 2 aromatic carbocycles. The average molecular weight is 543 g/mol. The number of hydrogen-bond donors (Lipinski definition) is 1. The second-order valence-corrected chi connectivity index (χ2v) is 8.95. The average Bonchev–Trinajstić information content (AvgIpc) is 2.89. The zero-order chi connectivity index (χ0) is 27.2. The van der Waals surface area contributed by atoms with Crippen LogP contribution in [0.15, 0.2) is 64.3 Å². The minimum absolute atomic E-state index is 0.116. The maximum absolute atomic E-state index is 13.2. The third-order valence-corrected chi connectivity index (χ3v) is 5.97. The van der Waals surface area contributed by atoms with E-state index in [1.807, 2.05) is 49.2 Å². The zero-order valence-corrected chi connectivity index (χ0v) is 21.5. The van der Waals surface area contributed by atoms with Gasteiger partial charge in [-0.2, -0.15) is 9.78 Å². The quantitative estimate of drug-likeness (QED) is 0.267. The summed E-state index contributed by atoms with van der Waals surface area (Å²) in [5.41, 5.74) is -0.702. The molecule has 1 N–H and O–H groups in total. The van der Waals surface area contributed by atoms with E-state index >= 15 is 0 Å². The van der Waals surface area contributed by atoms with Gasteiger partial charge in [0.05, 0.1) is 16.9 Å². The lowest BCUT2D eigenvalue weighted by atomic mass is 10.1. The largest absolute Gasteiger partial charge is 0.487 e. The maximum atomic E-state index is 13.2. The minimum atomic E-state index is -3.16. The van der Waals surface area contributed by atoms with Crippen LogP contribution in [-0.2, 0) is 13.0 Å². The lowest BCUT2D eigenvalue weighted by Crippen LogP contribution is -2.34. The third kappa shape index (κ3) is 6.25. The highest BCUT2D eigenvalue weighted by Crippen LogP contribution is 2.36. The molecule has 0 spiro atoms. The first-order valence-corrected chi connectivity index (χ1v) is 12.3. The Morgan fingerprint density at radius 3 is 2.58 bits per heavy atom. The number of benzene rings is 2. The number of halogens is 3. The summed E-state index contributed by atoms with van der Waals surface area (Å²) >= 11 is 6.55. The van der Waals surface area contributed by atoms with E-state index in [0.717, 1.165) is 24.0 Å². The Kier molecular flexibility index (Phi) is 8.52. The predicted octanol–water partition coefficient (Wildman–Crippen LogP) is 5.93. The van der Waals surface area contributed by atoms with Gasteiger partial charge in [0.15, 0.2) is 11.4 Å². The van der Waals surface area contributed by atoms with Crippen LogP contribution in [-0.4, -0.2) is 19.7 Å². The van der Waals surface area contributed by atoms with E-state index in [2.05, 4.69) is 10.1 Å². The zero-order valence-electron chi connectivity index (χ0n) is 20.7. The summed E-state index contributed by atoms with van der Waals surface area (Å²) in [4.78, 5) is 30.3. The monoisotopic (exact) mass is 542 g/mol. The molecule has 4 aromatic rings. The molecule has 0 bridgehead atoms. The molecule has 0 aliphatic rings. The van der Waals surface area contributed by atoms with Crippen LogP contribution in [0.1, 0.15) is 48.6 Å². The van der Waals surface area contributed by atoms with Gasteiger partial charge in [-0.05, 0) is 48.6 Å². The van der Waals surface area contributed by atoms with E-state index in [4.69, 9.17) is 21.1 Å². The summed E-state index contributed by atoms with van der Waals surface area (Å²) < 4.78 is 39.1. The van der Waals surface area contributed by atoms with Crippen molar-refractivity contribution in [2.24, 2.45) is 0 Å². The summed E-state index contributed by atoms with van der Waals surface area (Å²) in [7, 11) is 0. The standard InChI is InChI=1S/C27H25ClF2N4O4/c1-3-4-10-18-12-19(34-27(36)32-26(35)23(33-34)25(29)30)13-20(28)24(18)38-22-11-16(2)21(14-31-22)37-15-17-8-6-5-7-9-17/h5-9,11-14,25H,3-4,10,15H2,1-2H3,(H,32,35,36). The number of rotatable bonds is 10. The molecule has 0 amide bonds. The van der Waals surface area contributed by atoms with Gasteiger partial charge >= 0.3 is 5.69 Å². The number of hydrogen-bond acceptors (Lipinski definition) is 6. The van der Waals surface area contributed by atoms with Crippen LogP contribution in [0, 0.1) is 6.92 Å². The molecule has 0 saturated heterocycles. The molecule has 2 aromatic heterocycles. The fraction of sp³-hybridized carbons (Fsp3) is 0.259. The maximum Gasteiger partial charge on any atom is 0.349 e. The number of aromatic amines is 1. The lowest BCUT2D eigenvalue weighted by Gasteiger charge is -2.16. The Labute approximate surface area is 221 Å². The Balaban J connectivity index is 1.64. The summed E-state index contributed by atoms with van der Waals surface area (Å²) in [6.07, 6.45) is 0.564. The van der Waals surface area contributed by atoms with E-state index < -0.39 is 23.4 Å². The number of ether oxygens (including phenoxy) is 2. The first kappa shape index (κ1) is 27.0. The van der Waals surface area contributed by atoms with Crippen molar-refractivity contribution < 1.29 is 18.3 Å². The van der Waals surface area contributed by atoms with Crippen molar-refractivity contribution in [3.8, 4) is 23.1 Å². The molecule has 2 heterocycles. The Bertz CT molecular complexity index is 1540. The molecule has 0 aliphatic carbocycles. The second kappa shape index (κ2) is 12.0. The van der Waals surface area contributed by atoms with E-state index in [0.29, 0.717) is 34.8 Å². The van der Waals surface area contributed by atoms with Crippen molar-refractivity contribution in [2.45, 2.75) is 46.1 Å². The van der Waals surface area contributed by atoms with Gasteiger partial charge in [-0.25, -0.2) is 18.6 Å². The van der Waals surface area contributed by atoms with Gasteiger partial charge < -0.3 is 9.47 Å². The number of H-pyrrole nitrogens is 1. The second-order valence-electron chi connectivity index (χ2n) is 8.54. The van der Waals surface area contributed by atoms with Crippen molar-refractivity contribution in [1.29, 1.82) is 0 Å². The molecule has 8 nitrogen and oxygen atoms in total. The number of nitrogens with one attached hydrogen (secondary N) is 1. The van der Waals surface area contributed by atoms with Crippen molar-refractivity contribution in [3.63, 3.8) is 0 Å². The normalized spacial score (nSPS) is 11.1. The molecule has 0 unspecified atom stereocenters. The van der Waals surface area contributed by atoms with Crippen molar-refractivity contribution in [3.05, 3.63) is 103 Å². The van der Waals surface area contributed by atoms with E-state index in [9.17, 15) is 18.4 Å². The van der Waals surface area contributed by atoms with Crippen LogP contribution >= 0.6 is 11.6 Å². The molecule has 0 radical (unpaired) electrons. The van der Waals surface area contributed by atoms with Gasteiger partial charge in [-0.15, -0.1) is 0 Å². The first-order chi connectivity index (χ1) is 18.3. The number of aromatic nitrogens is 4. The molecule has 11 heteroatoms. The van der Waals surface area contributed by atoms with Crippen LogP contribution in [0.4, 0.5) is 8.78 Å². The van der Waals surface area contributed by atoms with Gasteiger partial charge in [0.2, 0.25) is 5.88 Å². The van der Waals surface area contributed by atoms with Gasteiger partial charge in [-0.1, -0.05) is 55.3 Å². The van der Waals surface area contributed by atoms with Gasteiger partial charge in [0.1, 0.15) is 12.4 Å². The Hall–Kier alpha value is -4.05. The van der Waals surface area contributed by atoms with Crippen LogP contribution in [0.25, 0.3) is 5.69 Å². The van der Waals surface area contributed by atoms with Gasteiger partial charge in [-0.3, -0.25) is 9.78 Å². The smallest absolute Gasteiger partial charge is 0.349 e. The number of pyridine rings is 1. The van der Waals surface area contributed by atoms with E-state index in [1.54, 1.807) is 18.3 Å². The highest BCUT2D eigenvalue weighted by Gasteiger charge is 2.20. The third-order valence-electron chi connectivity index (χ3n) is 5.69. The van der Waals surface area contributed by atoms with Crippen molar-refractivity contribution >= 4 is 11.6 Å². The molecular formula is C27H25ClF2N4O4. The number of alkyl halides is 2. The molecule has 38 heavy (non-hydrogen) atoms. The van der Waals surface area contributed by atoms with E-state index in [-0.39, 0.29) is 16.6 Å². The van der Waals surface area contributed by atoms with Gasteiger partial charge in [0, 0.05) is 6.07 Å². The molecule has 0 atom stereocenters. The van der Waals surface area contributed by atoms with Crippen molar-refractivity contribution in [2.75, 3.05) is 0 Å². The Morgan fingerprint density at radius 2 is 1.89 bits per heavy atom. The fourth-order valence-corrected chi connectivity index (χ4v) is 3.99. The SMILES string of the molecule is CCCCc1cc(-n2nc(C(F)F)c(=O)[nH]c2=O)cc(Cl)c1Oc1cc(C)c(OCc2ccccc2)cn1. The number of unbranched alkanes of at least 4 members (excludes halogenated alkanes) is 1.